The van der Waals surface area contributed by atoms with Crippen LogP contribution >= 0.6 is 0 Å². The highest BCUT2D eigenvalue weighted by atomic mass is 19.3. The summed E-state index contributed by atoms with van der Waals surface area (Å²) in [7, 11) is 0. The van der Waals surface area contributed by atoms with Gasteiger partial charge in [-0.2, -0.15) is 0 Å². The van der Waals surface area contributed by atoms with Crippen molar-refractivity contribution in [1.82, 2.24) is 5.32 Å². The van der Waals surface area contributed by atoms with Crippen molar-refractivity contribution < 1.29 is 8.78 Å². The normalized spacial score (nSPS) is 55.3. The number of halogens is 2. The molecule has 2 heterocycles. The van der Waals surface area contributed by atoms with Crippen LogP contribution in [0.5, 0.6) is 0 Å². The van der Waals surface area contributed by atoms with Crippen molar-refractivity contribution in [1.29, 1.82) is 0 Å². The number of hydrogen-bond acceptors (Lipinski definition) is 1. The number of hydrogen-bond donors (Lipinski definition) is 1. The quantitative estimate of drug-likeness (QED) is 0.631. The topological polar surface area (TPSA) is 12.0 Å². The fourth-order valence-electron chi connectivity index (χ4n) is 4.45. The predicted molar refractivity (Wildman–Crippen MR) is 48.2 cm³/mol. The first-order valence-electron chi connectivity index (χ1n) is 5.75. The van der Waals surface area contributed by atoms with Crippen molar-refractivity contribution in [3.63, 3.8) is 0 Å². The molecule has 2 saturated heterocycles. The highest BCUT2D eigenvalue weighted by Crippen LogP contribution is 2.90. The maximum atomic E-state index is 13.9. The molecule has 0 aromatic heterocycles. The van der Waals surface area contributed by atoms with Gasteiger partial charge < -0.3 is 5.32 Å². The Hall–Kier alpha value is -0.180. The van der Waals surface area contributed by atoms with Gasteiger partial charge in [-0.1, -0.05) is 0 Å². The Morgan fingerprint density at radius 2 is 1.50 bits per heavy atom. The monoisotopic (exact) mass is 199 g/mol. The van der Waals surface area contributed by atoms with E-state index in [1.807, 2.05) is 0 Å². The maximum absolute atomic E-state index is 13.9. The molecule has 0 aromatic carbocycles. The fourth-order valence-corrected chi connectivity index (χ4v) is 4.45. The number of rotatable bonds is 0. The summed E-state index contributed by atoms with van der Waals surface area (Å²) in [6.07, 6.45) is 5.32. The molecular formula is C11H15F2N. The third-order valence-corrected chi connectivity index (χ3v) is 5.33. The van der Waals surface area contributed by atoms with Crippen LogP contribution in [0.15, 0.2) is 0 Å². The van der Waals surface area contributed by atoms with Gasteiger partial charge in [-0.05, 0) is 38.5 Å². The van der Waals surface area contributed by atoms with E-state index in [4.69, 9.17) is 0 Å². The summed E-state index contributed by atoms with van der Waals surface area (Å²) in [6.45, 7) is 0. The van der Waals surface area contributed by atoms with E-state index in [1.165, 1.54) is 0 Å². The van der Waals surface area contributed by atoms with E-state index in [0.29, 0.717) is 12.1 Å². The molecule has 2 saturated carbocycles. The van der Waals surface area contributed by atoms with Gasteiger partial charge in [-0.3, -0.25) is 0 Å². The summed E-state index contributed by atoms with van der Waals surface area (Å²) < 4.78 is 27.7. The van der Waals surface area contributed by atoms with Gasteiger partial charge in [0.05, 0.1) is 0 Å². The van der Waals surface area contributed by atoms with E-state index >= 15 is 0 Å². The first-order chi connectivity index (χ1) is 6.61. The molecule has 1 nitrogen and oxygen atoms in total. The van der Waals surface area contributed by atoms with Crippen molar-refractivity contribution >= 4 is 0 Å². The van der Waals surface area contributed by atoms with Gasteiger partial charge in [0.25, 0.3) is 5.92 Å². The molecule has 0 aromatic rings. The zero-order valence-electron chi connectivity index (χ0n) is 8.15. The highest BCUT2D eigenvalue weighted by molar-refractivity contribution is 5.37. The van der Waals surface area contributed by atoms with Gasteiger partial charge in [-0.25, -0.2) is 8.78 Å². The average molecular weight is 199 g/mol. The minimum Gasteiger partial charge on any atom is -0.311 e. The second kappa shape index (κ2) is 1.89. The largest absolute Gasteiger partial charge is 0.311 e. The predicted octanol–water partition coefficient (Wildman–Crippen LogP) is 2.32. The van der Waals surface area contributed by atoms with Gasteiger partial charge in [-0.15, -0.1) is 0 Å². The van der Waals surface area contributed by atoms with E-state index in [2.05, 4.69) is 5.32 Å². The molecule has 78 valence electrons. The van der Waals surface area contributed by atoms with Crippen LogP contribution < -0.4 is 5.32 Å². The lowest BCUT2D eigenvalue weighted by molar-refractivity contribution is 0.0375. The molecule has 2 aliphatic heterocycles. The van der Waals surface area contributed by atoms with Gasteiger partial charge in [0.1, 0.15) is 0 Å². The lowest BCUT2D eigenvalue weighted by atomic mass is 9.86. The van der Waals surface area contributed by atoms with E-state index in [0.717, 1.165) is 38.5 Å². The van der Waals surface area contributed by atoms with E-state index in [9.17, 15) is 8.78 Å². The summed E-state index contributed by atoms with van der Waals surface area (Å²) in [5.41, 5.74) is -1.07. The van der Waals surface area contributed by atoms with Gasteiger partial charge in [0.15, 0.2) is 0 Å². The van der Waals surface area contributed by atoms with Crippen LogP contribution in [0.25, 0.3) is 0 Å². The Morgan fingerprint density at radius 1 is 0.929 bits per heavy atom. The Kier molecular flexibility index (Phi) is 1.08. The fraction of sp³-hybridized carbons (Fsp3) is 1.00. The lowest BCUT2D eigenvalue weighted by Crippen LogP contribution is -2.41. The van der Waals surface area contributed by atoms with E-state index in [-0.39, 0.29) is 0 Å². The smallest absolute Gasteiger partial charge is 0.260 e. The Balaban J connectivity index is 1.73. The summed E-state index contributed by atoms with van der Waals surface area (Å²) in [6, 6.07) is 0.805. The molecule has 4 rings (SSSR count). The third kappa shape index (κ3) is 0.581. The first kappa shape index (κ1) is 8.03. The molecule has 14 heavy (non-hydrogen) atoms. The van der Waals surface area contributed by atoms with Crippen molar-refractivity contribution in [3.05, 3.63) is 0 Å². The summed E-state index contributed by atoms with van der Waals surface area (Å²) >= 11 is 0. The first-order valence-corrected chi connectivity index (χ1v) is 5.75. The zero-order chi connectivity index (χ0) is 9.60. The van der Waals surface area contributed by atoms with Gasteiger partial charge in [0, 0.05) is 22.9 Å². The minimum absolute atomic E-state index is 0.402. The number of piperidine rings is 1. The second-order valence-corrected chi connectivity index (χ2v) is 5.78. The van der Waals surface area contributed by atoms with Crippen LogP contribution in [0.3, 0.4) is 0 Å². The number of nitrogens with one attached hydrogen (secondary N) is 1. The number of fused-ring (bicyclic) bond motifs is 3. The highest BCUT2D eigenvalue weighted by Gasteiger charge is 2.95. The third-order valence-electron chi connectivity index (χ3n) is 5.33. The molecule has 0 amide bonds. The van der Waals surface area contributed by atoms with Crippen LogP contribution in [-0.2, 0) is 0 Å². The molecule has 3 heteroatoms. The molecule has 2 bridgehead atoms. The van der Waals surface area contributed by atoms with E-state index < -0.39 is 16.8 Å². The summed E-state index contributed by atoms with van der Waals surface area (Å²) in [5.74, 6) is -2.32. The standard InChI is InChI=1S/C11H15F2N/c12-11(13)9(3-4-9)10(11)5-7-1-2-8(6-10)14-7/h7-8,14H,1-6H2/t7-,8+,10?. The Morgan fingerprint density at radius 3 is 1.93 bits per heavy atom. The minimum atomic E-state index is -2.32. The summed E-state index contributed by atoms with van der Waals surface area (Å²) in [4.78, 5) is 0. The lowest BCUT2D eigenvalue weighted by Gasteiger charge is -2.29. The second-order valence-electron chi connectivity index (χ2n) is 5.78. The SMILES string of the molecule is FC1(F)C2(CC2)C12C[C@H]1CC[C@@H](C2)N1. The van der Waals surface area contributed by atoms with Crippen LogP contribution in [0.1, 0.15) is 38.5 Å². The van der Waals surface area contributed by atoms with Crippen LogP contribution in [0.4, 0.5) is 8.78 Å². The molecule has 4 fully saturated rings. The zero-order valence-corrected chi connectivity index (χ0v) is 8.15. The van der Waals surface area contributed by atoms with E-state index in [1.54, 1.807) is 0 Å². The molecule has 4 aliphatic rings. The molecule has 2 aliphatic carbocycles. The van der Waals surface area contributed by atoms with Crippen LogP contribution in [-0.4, -0.2) is 18.0 Å². The molecule has 3 atom stereocenters. The van der Waals surface area contributed by atoms with Crippen molar-refractivity contribution in [2.24, 2.45) is 10.8 Å². The molecular weight excluding hydrogens is 184 g/mol. The van der Waals surface area contributed by atoms with Crippen LogP contribution in [0, 0.1) is 10.8 Å². The average Bonchev–Trinajstić information content (AvgIpc) is 2.96. The number of alkyl halides is 2. The molecule has 0 radical (unpaired) electrons. The van der Waals surface area contributed by atoms with Gasteiger partial charge >= 0.3 is 0 Å². The Bertz CT molecular complexity index is 290. The molecule has 2 spiro atoms. The van der Waals surface area contributed by atoms with Crippen molar-refractivity contribution in [2.75, 3.05) is 0 Å². The molecule has 1 N–H and O–H groups in total. The van der Waals surface area contributed by atoms with Crippen molar-refractivity contribution in [2.45, 2.75) is 56.5 Å². The van der Waals surface area contributed by atoms with Crippen molar-refractivity contribution in [3.8, 4) is 0 Å². The molecule has 1 unspecified atom stereocenters. The van der Waals surface area contributed by atoms with Gasteiger partial charge in [0.2, 0.25) is 0 Å². The Labute approximate surface area is 82.2 Å². The summed E-state index contributed by atoms with van der Waals surface area (Å²) in [5, 5.41) is 3.46. The van der Waals surface area contributed by atoms with Crippen LogP contribution in [0.2, 0.25) is 0 Å². The maximum Gasteiger partial charge on any atom is 0.260 e.